The van der Waals surface area contributed by atoms with Crippen LogP contribution in [0.25, 0.3) is 10.1 Å². The fraction of sp³-hybridized carbons (Fsp3) is 0.200. The Morgan fingerprint density at radius 1 is 1.43 bits per heavy atom. The van der Waals surface area contributed by atoms with E-state index in [0.717, 1.165) is 26.1 Å². The van der Waals surface area contributed by atoms with Gasteiger partial charge in [-0.05, 0) is 28.6 Å². The highest BCUT2D eigenvalue weighted by Gasteiger charge is 2.10. The van der Waals surface area contributed by atoms with Gasteiger partial charge in [-0.3, -0.25) is 0 Å². The number of hydrogen-bond acceptors (Lipinski definition) is 3. The summed E-state index contributed by atoms with van der Waals surface area (Å²) in [6, 6.07) is 3.92. The molecular formula is C10H9ClOS2. The van der Waals surface area contributed by atoms with E-state index >= 15 is 0 Å². The van der Waals surface area contributed by atoms with Crippen molar-refractivity contribution in [1.82, 2.24) is 0 Å². The van der Waals surface area contributed by atoms with E-state index in [2.05, 4.69) is 12.6 Å². The molecule has 0 saturated heterocycles. The third kappa shape index (κ3) is 1.54. The quantitative estimate of drug-likeness (QED) is 0.613. The summed E-state index contributed by atoms with van der Waals surface area (Å²) in [7, 11) is 0. The van der Waals surface area contributed by atoms with Crippen molar-refractivity contribution in [1.29, 1.82) is 0 Å². The summed E-state index contributed by atoms with van der Waals surface area (Å²) in [4.78, 5) is 0.824. The molecule has 2 aromatic rings. The molecule has 0 saturated carbocycles. The van der Waals surface area contributed by atoms with Gasteiger partial charge in [-0.2, -0.15) is 0 Å². The third-order valence-corrected chi connectivity index (χ3v) is 3.90. The molecule has 1 aromatic heterocycles. The molecule has 0 radical (unpaired) electrons. The highest BCUT2D eigenvalue weighted by atomic mass is 35.5. The first kappa shape index (κ1) is 10.3. The lowest BCUT2D eigenvalue weighted by atomic mass is 10.1. The Labute approximate surface area is 96.7 Å². The highest BCUT2D eigenvalue weighted by Crippen LogP contribution is 2.33. The van der Waals surface area contributed by atoms with Crippen LogP contribution in [0.15, 0.2) is 22.4 Å². The summed E-state index contributed by atoms with van der Waals surface area (Å²) in [6.07, 6.45) is 0. The highest BCUT2D eigenvalue weighted by molar-refractivity contribution is 7.80. The molecule has 0 aliphatic carbocycles. The summed E-state index contributed by atoms with van der Waals surface area (Å²) in [6.45, 7) is 0.0107. The van der Waals surface area contributed by atoms with E-state index < -0.39 is 0 Å². The van der Waals surface area contributed by atoms with Crippen molar-refractivity contribution in [3.8, 4) is 0 Å². The zero-order valence-electron chi connectivity index (χ0n) is 7.33. The third-order valence-electron chi connectivity index (χ3n) is 2.20. The van der Waals surface area contributed by atoms with Crippen molar-refractivity contribution in [3.63, 3.8) is 0 Å². The van der Waals surface area contributed by atoms with Crippen LogP contribution in [0, 0.1) is 0 Å². The Morgan fingerprint density at radius 3 is 2.86 bits per heavy atom. The maximum Gasteiger partial charge on any atom is 0.0699 e. The summed E-state index contributed by atoms with van der Waals surface area (Å²) in [5.74, 6) is 0.476. The second kappa shape index (κ2) is 4.11. The molecule has 1 heterocycles. The van der Waals surface area contributed by atoms with Gasteiger partial charge in [0.15, 0.2) is 0 Å². The van der Waals surface area contributed by atoms with Gasteiger partial charge in [0.2, 0.25) is 0 Å². The van der Waals surface area contributed by atoms with Gasteiger partial charge in [-0.25, -0.2) is 0 Å². The van der Waals surface area contributed by atoms with Gasteiger partial charge in [0.1, 0.15) is 0 Å². The van der Waals surface area contributed by atoms with Crippen LogP contribution in [0.5, 0.6) is 0 Å². The number of alkyl halides is 1. The first-order valence-corrected chi connectivity index (χ1v) is 6.01. The number of thiophene rings is 1. The largest absolute Gasteiger partial charge is 0.392 e. The molecular weight excluding hydrogens is 236 g/mol. The number of aliphatic hydroxyl groups is 1. The van der Waals surface area contributed by atoms with Crippen LogP contribution in [0.3, 0.4) is 0 Å². The molecule has 0 aliphatic heterocycles. The summed E-state index contributed by atoms with van der Waals surface area (Å²) < 4.78 is 1.16. The summed E-state index contributed by atoms with van der Waals surface area (Å²) in [5.41, 5.74) is 1.95. The number of halogens is 1. The SMILES string of the molecule is OCc1c(S)ccc2scc(CCl)c12. The van der Waals surface area contributed by atoms with Crippen molar-refractivity contribution in [2.24, 2.45) is 0 Å². The van der Waals surface area contributed by atoms with Gasteiger partial charge in [-0.1, -0.05) is 0 Å². The van der Waals surface area contributed by atoms with Gasteiger partial charge >= 0.3 is 0 Å². The Hall–Kier alpha value is -0.220. The lowest BCUT2D eigenvalue weighted by Crippen LogP contribution is -1.88. The zero-order chi connectivity index (χ0) is 10.1. The topological polar surface area (TPSA) is 20.2 Å². The molecule has 0 unspecified atom stereocenters. The Bertz CT molecular complexity index is 464. The predicted octanol–water partition coefficient (Wildman–Crippen LogP) is 3.42. The fourth-order valence-corrected chi connectivity index (χ4v) is 3.07. The molecule has 0 amide bonds. The van der Waals surface area contributed by atoms with E-state index in [9.17, 15) is 5.11 Å². The van der Waals surface area contributed by atoms with E-state index in [1.54, 1.807) is 11.3 Å². The second-order valence-electron chi connectivity index (χ2n) is 2.99. The van der Waals surface area contributed by atoms with Crippen molar-refractivity contribution < 1.29 is 5.11 Å². The van der Waals surface area contributed by atoms with Crippen LogP contribution in [0.1, 0.15) is 11.1 Å². The van der Waals surface area contributed by atoms with E-state index in [1.165, 1.54) is 0 Å². The molecule has 1 aromatic carbocycles. The van der Waals surface area contributed by atoms with E-state index in [-0.39, 0.29) is 6.61 Å². The van der Waals surface area contributed by atoms with Gasteiger partial charge in [0.25, 0.3) is 0 Å². The number of aliphatic hydroxyl groups excluding tert-OH is 1. The first-order valence-electron chi connectivity index (χ1n) is 4.15. The molecule has 4 heteroatoms. The number of rotatable bonds is 2. The minimum Gasteiger partial charge on any atom is -0.392 e. The molecule has 14 heavy (non-hydrogen) atoms. The number of hydrogen-bond donors (Lipinski definition) is 2. The van der Waals surface area contributed by atoms with E-state index in [4.69, 9.17) is 11.6 Å². The predicted molar refractivity (Wildman–Crippen MR) is 64.6 cm³/mol. The molecule has 0 spiro atoms. The summed E-state index contributed by atoms with van der Waals surface area (Å²) >= 11 is 11.8. The maximum absolute atomic E-state index is 9.27. The summed E-state index contributed by atoms with van der Waals surface area (Å²) in [5, 5.41) is 12.4. The fourth-order valence-electron chi connectivity index (χ4n) is 1.52. The van der Waals surface area contributed by atoms with Gasteiger partial charge in [0, 0.05) is 20.9 Å². The second-order valence-corrected chi connectivity index (χ2v) is 4.65. The van der Waals surface area contributed by atoms with Crippen molar-refractivity contribution in [3.05, 3.63) is 28.6 Å². The molecule has 0 bridgehead atoms. The molecule has 74 valence electrons. The zero-order valence-corrected chi connectivity index (χ0v) is 9.79. The smallest absolute Gasteiger partial charge is 0.0699 e. The lowest BCUT2D eigenvalue weighted by molar-refractivity contribution is 0.280. The minimum absolute atomic E-state index is 0.0107. The van der Waals surface area contributed by atoms with Crippen LogP contribution in [-0.4, -0.2) is 5.11 Å². The number of fused-ring (bicyclic) bond motifs is 1. The standard InChI is InChI=1S/C10H9ClOS2/c11-3-6-5-14-9-2-1-8(13)7(4-12)10(6)9/h1-2,5,12-13H,3-4H2. The van der Waals surface area contributed by atoms with E-state index in [1.807, 2.05) is 17.5 Å². The average Bonchev–Trinajstić information content (AvgIpc) is 2.61. The number of benzene rings is 1. The average molecular weight is 245 g/mol. The van der Waals surface area contributed by atoms with Crippen molar-refractivity contribution in [2.75, 3.05) is 0 Å². The van der Waals surface area contributed by atoms with Crippen LogP contribution in [0.2, 0.25) is 0 Å². The normalized spacial score (nSPS) is 11.1. The van der Waals surface area contributed by atoms with Gasteiger partial charge in [0.05, 0.1) is 6.61 Å². The first-order chi connectivity index (χ1) is 6.77. The lowest BCUT2D eigenvalue weighted by Gasteiger charge is -2.04. The monoisotopic (exact) mass is 244 g/mol. The number of thiol groups is 1. The van der Waals surface area contributed by atoms with Crippen LogP contribution in [0.4, 0.5) is 0 Å². The van der Waals surface area contributed by atoms with Gasteiger partial charge < -0.3 is 5.11 Å². The molecule has 0 aliphatic rings. The Balaban J connectivity index is 2.81. The van der Waals surface area contributed by atoms with E-state index in [0.29, 0.717) is 5.88 Å². The van der Waals surface area contributed by atoms with Crippen molar-refractivity contribution >= 4 is 45.7 Å². The van der Waals surface area contributed by atoms with Gasteiger partial charge in [-0.15, -0.1) is 35.6 Å². The molecule has 2 rings (SSSR count). The molecule has 0 fully saturated rings. The molecule has 0 atom stereocenters. The Morgan fingerprint density at radius 2 is 2.21 bits per heavy atom. The van der Waals surface area contributed by atoms with Crippen molar-refractivity contribution in [2.45, 2.75) is 17.4 Å². The van der Waals surface area contributed by atoms with Crippen LogP contribution in [-0.2, 0) is 12.5 Å². The van der Waals surface area contributed by atoms with Crippen LogP contribution < -0.4 is 0 Å². The molecule has 1 nitrogen and oxygen atoms in total. The Kier molecular flexibility index (Phi) is 3.02. The molecule has 1 N–H and O–H groups in total. The van der Waals surface area contributed by atoms with Crippen LogP contribution >= 0.6 is 35.6 Å². The minimum atomic E-state index is 0.0107. The maximum atomic E-state index is 9.27.